The molecule has 1 saturated carbocycles. The van der Waals surface area contributed by atoms with Gasteiger partial charge in [-0.15, -0.1) is 0 Å². The Morgan fingerprint density at radius 1 is 1.29 bits per heavy atom. The van der Waals surface area contributed by atoms with Crippen LogP contribution in [0.5, 0.6) is 0 Å². The number of nitrogens with zero attached hydrogens (tertiary/aromatic N) is 1. The maximum atomic E-state index is 12.3. The third-order valence-electron chi connectivity index (χ3n) is 4.26. The molecule has 1 saturated heterocycles. The fourth-order valence-corrected chi connectivity index (χ4v) is 3.13. The number of likely N-dealkylation sites (N-methyl/N-ethyl adjacent to an activating group) is 1. The van der Waals surface area contributed by atoms with E-state index in [1.165, 1.54) is 6.42 Å². The number of nitrogens with one attached hydrogen (secondary N) is 1. The van der Waals surface area contributed by atoms with E-state index in [0.29, 0.717) is 0 Å². The van der Waals surface area contributed by atoms with Gasteiger partial charge in [-0.25, -0.2) is 0 Å². The standard InChI is InChI=1S/C13H22N2O2/c1-3-7-10-11(16)15(2)13(12(17)14-10)8-5-4-6-9-13/h10H,3-9H2,1-2H3,(H,14,17). The molecule has 2 aliphatic rings. The summed E-state index contributed by atoms with van der Waals surface area (Å²) < 4.78 is 0. The van der Waals surface area contributed by atoms with Crippen molar-refractivity contribution >= 4 is 11.8 Å². The second-order valence-electron chi connectivity index (χ2n) is 5.30. The van der Waals surface area contributed by atoms with E-state index >= 15 is 0 Å². The fraction of sp³-hybridized carbons (Fsp3) is 0.846. The van der Waals surface area contributed by atoms with Gasteiger partial charge in [0.15, 0.2) is 0 Å². The predicted octanol–water partition coefficient (Wildman–Crippen LogP) is 1.45. The van der Waals surface area contributed by atoms with Crippen molar-refractivity contribution in [3.63, 3.8) is 0 Å². The number of piperazine rings is 1. The summed E-state index contributed by atoms with van der Waals surface area (Å²) in [6.07, 6.45) is 6.56. The number of hydrogen-bond acceptors (Lipinski definition) is 2. The van der Waals surface area contributed by atoms with Gasteiger partial charge in [-0.1, -0.05) is 32.6 Å². The number of hydrogen-bond donors (Lipinski definition) is 1. The Hall–Kier alpha value is -1.06. The van der Waals surface area contributed by atoms with Crippen molar-refractivity contribution in [1.29, 1.82) is 0 Å². The van der Waals surface area contributed by atoms with Gasteiger partial charge >= 0.3 is 0 Å². The predicted molar refractivity (Wildman–Crippen MR) is 65.4 cm³/mol. The van der Waals surface area contributed by atoms with Crippen LogP contribution in [0.2, 0.25) is 0 Å². The van der Waals surface area contributed by atoms with E-state index in [9.17, 15) is 9.59 Å². The number of amides is 2. The molecule has 1 atom stereocenters. The summed E-state index contributed by atoms with van der Waals surface area (Å²) in [6, 6.07) is -0.301. The molecule has 0 aromatic carbocycles. The minimum Gasteiger partial charge on any atom is -0.342 e. The molecule has 1 unspecified atom stereocenters. The second-order valence-corrected chi connectivity index (χ2v) is 5.30. The van der Waals surface area contributed by atoms with E-state index in [1.54, 1.807) is 11.9 Å². The summed E-state index contributed by atoms with van der Waals surface area (Å²) >= 11 is 0. The molecule has 4 nitrogen and oxygen atoms in total. The minimum absolute atomic E-state index is 0.0674. The van der Waals surface area contributed by atoms with Crippen LogP contribution in [0.4, 0.5) is 0 Å². The maximum absolute atomic E-state index is 12.3. The monoisotopic (exact) mass is 238 g/mol. The summed E-state index contributed by atoms with van der Waals surface area (Å²) in [5, 5.41) is 2.93. The molecule has 96 valence electrons. The smallest absolute Gasteiger partial charge is 0.246 e. The first-order valence-corrected chi connectivity index (χ1v) is 6.70. The Morgan fingerprint density at radius 2 is 1.94 bits per heavy atom. The first kappa shape index (κ1) is 12.4. The highest BCUT2D eigenvalue weighted by Crippen LogP contribution is 2.35. The summed E-state index contributed by atoms with van der Waals surface area (Å²) in [6.45, 7) is 2.03. The first-order valence-electron chi connectivity index (χ1n) is 6.70. The normalized spacial score (nSPS) is 28.4. The van der Waals surface area contributed by atoms with E-state index in [1.807, 2.05) is 6.92 Å². The van der Waals surface area contributed by atoms with Crippen molar-refractivity contribution in [3.8, 4) is 0 Å². The summed E-state index contributed by atoms with van der Waals surface area (Å²) in [4.78, 5) is 26.3. The molecule has 4 heteroatoms. The average Bonchev–Trinajstić information content (AvgIpc) is 2.35. The van der Waals surface area contributed by atoms with Crippen LogP contribution in [0.1, 0.15) is 51.9 Å². The molecule has 0 aromatic heterocycles. The van der Waals surface area contributed by atoms with E-state index in [0.717, 1.165) is 38.5 Å². The van der Waals surface area contributed by atoms with Crippen molar-refractivity contribution < 1.29 is 9.59 Å². The molecule has 0 aromatic rings. The first-order chi connectivity index (χ1) is 8.12. The molecule has 2 rings (SSSR count). The Balaban J connectivity index is 2.20. The zero-order valence-electron chi connectivity index (χ0n) is 10.8. The van der Waals surface area contributed by atoms with Gasteiger partial charge in [-0.2, -0.15) is 0 Å². The lowest BCUT2D eigenvalue weighted by Gasteiger charge is -2.48. The minimum atomic E-state index is -0.542. The molecular weight excluding hydrogens is 216 g/mol. The van der Waals surface area contributed by atoms with E-state index in [4.69, 9.17) is 0 Å². The molecule has 0 radical (unpaired) electrons. The maximum Gasteiger partial charge on any atom is 0.246 e. The Morgan fingerprint density at radius 3 is 2.53 bits per heavy atom. The van der Waals surface area contributed by atoms with Crippen LogP contribution in [-0.2, 0) is 9.59 Å². The highest BCUT2D eigenvalue weighted by Gasteiger charge is 2.50. The van der Waals surface area contributed by atoms with Gasteiger partial charge in [0.1, 0.15) is 11.6 Å². The molecule has 1 heterocycles. The Bertz CT molecular complexity index is 321. The highest BCUT2D eigenvalue weighted by atomic mass is 16.2. The van der Waals surface area contributed by atoms with Gasteiger partial charge in [-0.05, 0) is 19.3 Å². The molecule has 1 aliphatic heterocycles. The van der Waals surface area contributed by atoms with Crippen LogP contribution in [0, 0.1) is 0 Å². The molecule has 1 aliphatic carbocycles. The molecule has 1 N–H and O–H groups in total. The van der Waals surface area contributed by atoms with Gasteiger partial charge in [0.2, 0.25) is 11.8 Å². The Kier molecular flexibility index (Phi) is 3.40. The number of carbonyl (C=O) groups excluding carboxylic acids is 2. The average molecular weight is 238 g/mol. The van der Waals surface area contributed by atoms with Crippen LogP contribution in [0.3, 0.4) is 0 Å². The molecular formula is C13H22N2O2. The summed E-state index contributed by atoms with van der Waals surface area (Å²) in [5.41, 5.74) is -0.542. The number of carbonyl (C=O) groups is 2. The van der Waals surface area contributed by atoms with Crippen LogP contribution >= 0.6 is 0 Å². The van der Waals surface area contributed by atoms with Crippen molar-refractivity contribution in [2.45, 2.75) is 63.5 Å². The third kappa shape index (κ3) is 1.94. The van der Waals surface area contributed by atoms with Crippen molar-refractivity contribution in [2.24, 2.45) is 0 Å². The van der Waals surface area contributed by atoms with Gasteiger partial charge in [0.05, 0.1) is 0 Å². The topological polar surface area (TPSA) is 49.4 Å². The van der Waals surface area contributed by atoms with E-state index in [-0.39, 0.29) is 17.9 Å². The zero-order chi connectivity index (χ0) is 12.5. The number of rotatable bonds is 2. The molecule has 2 fully saturated rings. The van der Waals surface area contributed by atoms with E-state index in [2.05, 4.69) is 5.32 Å². The largest absolute Gasteiger partial charge is 0.342 e. The van der Waals surface area contributed by atoms with Crippen LogP contribution in [-0.4, -0.2) is 35.3 Å². The SMILES string of the molecule is CCCC1NC(=O)C2(CCCCC2)N(C)C1=O. The molecule has 17 heavy (non-hydrogen) atoms. The lowest BCUT2D eigenvalue weighted by Crippen LogP contribution is -2.69. The van der Waals surface area contributed by atoms with Gasteiger partial charge < -0.3 is 10.2 Å². The quantitative estimate of drug-likeness (QED) is 0.791. The fourth-order valence-electron chi connectivity index (χ4n) is 3.13. The summed E-state index contributed by atoms with van der Waals surface area (Å²) in [7, 11) is 1.80. The third-order valence-corrected chi connectivity index (χ3v) is 4.26. The van der Waals surface area contributed by atoms with Gasteiger partial charge in [0.25, 0.3) is 0 Å². The molecule has 2 amide bonds. The van der Waals surface area contributed by atoms with Crippen LogP contribution < -0.4 is 5.32 Å². The van der Waals surface area contributed by atoms with Crippen molar-refractivity contribution in [3.05, 3.63) is 0 Å². The van der Waals surface area contributed by atoms with Gasteiger partial charge in [-0.3, -0.25) is 9.59 Å². The molecule has 0 bridgehead atoms. The van der Waals surface area contributed by atoms with Crippen LogP contribution in [0.15, 0.2) is 0 Å². The zero-order valence-corrected chi connectivity index (χ0v) is 10.8. The second kappa shape index (κ2) is 4.67. The van der Waals surface area contributed by atoms with Crippen LogP contribution in [0.25, 0.3) is 0 Å². The van der Waals surface area contributed by atoms with Crippen molar-refractivity contribution in [2.75, 3.05) is 7.05 Å². The highest BCUT2D eigenvalue weighted by molar-refractivity contribution is 5.99. The van der Waals surface area contributed by atoms with E-state index < -0.39 is 5.54 Å². The Labute approximate surface area is 103 Å². The lowest BCUT2D eigenvalue weighted by atomic mass is 9.77. The van der Waals surface area contributed by atoms with Gasteiger partial charge in [0, 0.05) is 7.05 Å². The van der Waals surface area contributed by atoms with Crippen molar-refractivity contribution in [1.82, 2.24) is 10.2 Å². The summed E-state index contributed by atoms with van der Waals surface area (Å²) in [5.74, 6) is 0.158. The lowest BCUT2D eigenvalue weighted by molar-refractivity contribution is -0.157. The molecule has 1 spiro atoms.